The van der Waals surface area contributed by atoms with E-state index < -0.39 is 4.92 Å². The van der Waals surface area contributed by atoms with Gasteiger partial charge in [0.2, 0.25) is 0 Å². The third-order valence-corrected chi connectivity index (χ3v) is 6.24. The zero-order valence-corrected chi connectivity index (χ0v) is 14.7. The molecule has 0 saturated carbocycles. The Bertz CT molecular complexity index is 1030. The molecule has 0 radical (unpaired) electrons. The van der Waals surface area contributed by atoms with Crippen molar-refractivity contribution in [1.29, 1.82) is 0 Å². The number of thiophene rings is 1. The average Bonchev–Trinajstić information content (AvgIpc) is 3.00. The lowest BCUT2D eigenvalue weighted by Gasteiger charge is -2.11. The van der Waals surface area contributed by atoms with Crippen molar-refractivity contribution in [1.82, 2.24) is 9.66 Å². The Morgan fingerprint density at radius 1 is 1.28 bits per heavy atom. The minimum absolute atomic E-state index is 0.00463. The van der Waals surface area contributed by atoms with E-state index in [1.807, 2.05) is 0 Å². The van der Waals surface area contributed by atoms with E-state index >= 15 is 0 Å². The van der Waals surface area contributed by atoms with Crippen molar-refractivity contribution in [2.24, 2.45) is 0 Å². The lowest BCUT2D eigenvalue weighted by atomic mass is 9.97. The SMILES string of the molecule is O=c1c2c3c(sc2ncn1NSc1ccccc1[N+](=O)[O-])CCCC3. The molecule has 2 aromatic heterocycles. The number of nitro groups is 1. The fraction of sp³-hybridized carbons (Fsp3) is 0.250. The number of nitrogens with zero attached hydrogens (tertiary/aromatic N) is 3. The van der Waals surface area contributed by atoms with Crippen molar-refractivity contribution in [2.45, 2.75) is 30.6 Å². The Morgan fingerprint density at radius 2 is 2.08 bits per heavy atom. The van der Waals surface area contributed by atoms with Crippen molar-refractivity contribution in [3.63, 3.8) is 0 Å². The first-order valence-electron chi connectivity index (χ1n) is 7.83. The summed E-state index contributed by atoms with van der Waals surface area (Å²) < 4.78 is 1.30. The highest BCUT2D eigenvalue weighted by molar-refractivity contribution is 8.00. The fourth-order valence-electron chi connectivity index (χ4n) is 3.00. The van der Waals surface area contributed by atoms with E-state index in [9.17, 15) is 14.9 Å². The molecule has 0 bridgehead atoms. The lowest BCUT2D eigenvalue weighted by molar-refractivity contribution is -0.387. The Labute approximate surface area is 151 Å². The summed E-state index contributed by atoms with van der Waals surface area (Å²) in [6.07, 6.45) is 5.60. The summed E-state index contributed by atoms with van der Waals surface area (Å²) in [4.78, 5) is 33.2. The number of aromatic nitrogens is 2. The van der Waals surface area contributed by atoms with Crippen LogP contribution in [-0.4, -0.2) is 14.6 Å². The van der Waals surface area contributed by atoms with Crippen molar-refractivity contribution in [3.05, 3.63) is 61.5 Å². The van der Waals surface area contributed by atoms with E-state index in [1.54, 1.807) is 29.5 Å². The van der Waals surface area contributed by atoms with Crippen molar-refractivity contribution >= 4 is 39.2 Å². The quantitative estimate of drug-likeness (QED) is 0.427. The van der Waals surface area contributed by atoms with Crippen LogP contribution in [0.25, 0.3) is 10.2 Å². The van der Waals surface area contributed by atoms with Gasteiger partial charge in [-0.25, -0.2) is 9.66 Å². The van der Waals surface area contributed by atoms with Crippen LogP contribution >= 0.6 is 23.3 Å². The number of nitrogens with one attached hydrogen (secondary N) is 1. The number of hydrogen-bond acceptors (Lipinski definition) is 7. The molecule has 0 fully saturated rings. The van der Waals surface area contributed by atoms with Crippen molar-refractivity contribution < 1.29 is 4.92 Å². The third kappa shape index (κ3) is 2.89. The maximum atomic E-state index is 12.8. The van der Waals surface area contributed by atoms with Gasteiger partial charge in [0.25, 0.3) is 11.2 Å². The van der Waals surface area contributed by atoms with Gasteiger partial charge in [0.1, 0.15) is 16.1 Å². The van der Waals surface area contributed by atoms with Crippen molar-refractivity contribution in [2.75, 3.05) is 4.83 Å². The van der Waals surface area contributed by atoms with Crippen LogP contribution in [0.4, 0.5) is 5.69 Å². The molecule has 1 aliphatic rings. The number of aryl methyl sites for hydroxylation is 2. The van der Waals surface area contributed by atoms with Gasteiger partial charge in [0.05, 0.1) is 10.3 Å². The molecule has 128 valence electrons. The molecular formula is C16H14N4O3S2. The molecule has 1 aromatic carbocycles. The Morgan fingerprint density at radius 3 is 2.92 bits per heavy atom. The van der Waals surface area contributed by atoms with Gasteiger partial charge in [0, 0.05) is 22.9 Å². The van der Waals surface area contributed by atoms with E-state index in [0.717, 1.165) is 48.0 Å². The highest BCUT2D eigenvalue weighted by Gasteiger charge is 2.20. The summed E-state index contributed by atoms with van der Waals surface area (Å²) >= 11 is 2.62. The standard InChI is InChI=1S/C16H14N4O3S2/c21-16-14-10-5-1-3-7-12(10)24-15(14)17-9-19(16)18-25-13-8-4-2-6-11(13)20(22)23/h2,4,6,8-9,18H,1,3,5,7H2. The number of hydrogen-bond donors (Lipinski definition) is 1. The van der Waals surface area contributed by atoms with Crippen LogP contribution in [-0.2, 0) is 12.8 Å². The van der Waals surface area contributed by atoms with E-state index in [0.29, 0.717) is 10.3 Å². The van der Waals surface area contributed by atoms with E-state index in [4.69, 9.17) is 0 Å². The monoisotopic (exact) mass is 374 g/mol. The average molecular weight is 374 g/mol. The van der Waals surface area contributed by atoms with Crippen LogP contribution in [0.3, 0.4) is 0 Å². The number of fused-ring (bicyclic) bond motifs is 3. The summed E-state index contributed by atoms with van der Waals surface area (Å²) in [5.74, 6) is 0. The predicted molar refractivity (Wildman–Crippen MR) is 98.8 cm³/mol. The van der Waals surface area contributed by atoms with E-state index in [1.165, 1.54) is 21.9 Å². The molecular weight excluding hydrogens is 360 g/mol. The van der Waals surface area contributed by atoms with Gasteiger partial charge in [-0.1, -0.05) is 12.1 Å². The molecule has 0 unspecified atom stereocenters. The molecule has 3 aromatic rings. The molecule has 0 spiro atoms. The molecule has 0 atom stereocenters. The summed E-state index contributed by atoms with van der Waals surface area (Å²) in [5.41, 5.74) is 0.959. The largest absolute Gasteiger partial charge is 0.284 e. The number of rotatable bonds is 4. The number of benzene rings is 1. The van der Waals surface area contributed by atoms with Crippen LogP contribution in [0.5, 0.6) is 0 Å². The van der Waals surface area contributed by atoms with Crippen LogP contribution in [0.2, 0.25) is 0 Å². The van der Waals surface area contributed by atoms with Gasteiger partial charge in [-0.2, -0.15) is 0 Å². The highest BCUT2D eigenvalue weighted by Crippen LogP contribution is 2.33. The van der Waals surface area contributed by atoms with Gasteiger partial charge in [0.15, 0.2) is 0 Å². The van der Waals surface area contributed by atoms with Crippen LogP contribution < -0.4 is 10.4 Å². The first-order valence-corrected chi connectivity index (χ1v) is 9.46. The van der Waals surface area contributed by atoms with Crippen LogP contribution in [0.15, 0.2) is 40.3 Å². The normalized spacial score (nSPS) is 13.6. The van der Waals surface area contributed by atoms with Gasteiger partial charge in [-0.15, -0.1) is 11.3 Å². The maximum absolute atomic E-state index is 12.8. The number of nitro benzene ring substituents is 1. The first kappa shape index (κ1) is 16.1. The molecule has 7 nitrogen and oxygen atoms in total. The molecule has 0 aliphatic heterocycles. The van der Waals surface area contributed by atoms with Gasteiger partial charge < -0.3 is 0 Å². The maximum Gasteiger partial charge on any atom is 0.284 e. The van der Waals surface area contributed by atoms with E-state index in [2.05, 4.69) is 9.82 Å². The molecule has 2 heterocycles. The van der Waals surface area contributed by atoms with E-state index in [-0.39, 0.29) is 11.2 Å². The molecule has 4 rings (SSSR count). The van der Waals surface area contributed by atoms with Gasteiger partial charge in [-0.3, -0.25) is 19.7 Å². The zero-order chi connectivity index (χ0) is 17.4. The molecule has 9 heteroatoms. The molecule has 0 amide bonds. The first-order chi connectivity index (χ1) is 12.1. The zero-order valence-electron chi connectivity index (χ0n) is 13.1. The second-order valence-electron chi connectivity index (χ2n) is 5.73. The third-order valence-electron chi connectivity index (χ3n) is 4.19. The Hall–Kier alpha value is -2.39. The lowest BCUT2D eigenvalue weighted by Crippen LogP contribution is -2.25. The molecule has 1 N–H and O–H groups in total. The van der Waals surface area contributed by atoms with Gasteiger partial charge >= 0.3 is 0 Å². The summed E-state index contributed by atoms with van der Waals surface area (Å²) in [6.45, 7) is 0. The second-order valence-corrected chi connectivity index (χ2v) is 7.64. The van der Waals surface area contributed by atoms with Crippen LogP contribution in [0, 0.1) is 10.1 Å². The van der Waals surface area contributed by atoms with Crippen LogP contribution in [0.1, 0.15) is 23.3 Å². The smallest absolute Gasteiger partial charge is 0.267 e. The Balaban J connectivity index is 1.68. The number of para-hydroxylation sites is 1. The summed E-state index contributed by atoms with van der Waals surface area (Å²) in [7, 11) is 0. The minimum Gasteiger partial charge on any atom is -0.267 e. The fourth-order valence-corrected chi connectivity index (χ4v) is 4.94. The second kappa shape index (κ2) is 6.49. The highest BCUT2D eigenvalue weighted by atomic mass is 32.2. The molecule has 1 aliphatic carbocycles. The predicted octanol–water partition coefficient (Wildman–Crippen LogP) is 3.50. The minimum atomic E-state index is -0.441. The summed E-state index contributed by atoms with van der Waals surface area (Å²) in [5, 5.41) is 11.8. The topological polar surface area (TPSA) is 90.1 Å². The van der Waals surface area contributed by atoms with Gasteiger partial charge in [-0.05, 0) is 37.3 Å². The molecule has 0 saturated heterocycles. The molecule has 25 heavy (non-hydrogen) atoms. The Kier molecular flexibility index (Phi) is 4.18. The summed E-state index contributed by atoms with van der Waals surface area (Å²) in [6, 6.07) is 6.40. The van der Waals surface area contributed by atoms with Crippen molar-refractivity contribution in [3.8, 4) is 0 Å².